The van der Waals surface area contributed by atoms with Gasteiger partial charge in [0.2, 0.25) is 5.91 Å². The second kappa shape index (κ2) is 8.13. The fraction of sp³-hybridized carbons (Fsp3) is 0.364. The molecule has 2 aromatic rings. The lowest BCUT2D eigenvalue weighted by molar-refractivity contribution is -0.123. The first-order valence-electron chi connectivity index (χ1n) is 9.95. The second-order valence-electron chi connectivity index (χ2n) is 7.23. The monoisotopic (exact) mass is 395 g/mol. The number of ether oxygens (including phenoxy) is 1. The Balaban J connectivity index is 1.42. The van der Waals surface area contributed by atoms with Gasteiger partial charge in [-0.25, -0.2) is 4.90 Å². The van der Waals surface area contributed by atoms with Crippen LogP contribution in [0.3, 0.4) is 0 Å². The van der Waals surface area contributed by atoms with Crippen molar-refractivity contribution in [2.45, 2.75) is 19.4 Å². The molecule has 0 aromatic heterocycles. The molecule has 2 aromatic carbocycles. The normalized spacial score (nSPS) is 20.4. The minimum Gasteiger partial charge on any atom is -0.506 e. The van der Waals surface area contributed by atoms with E-state index in [4.69, 9.17) is 4.74 Å². The highest BCUT2D eigenvalue weighted by Crippen LogP contribution is 2.30. The Kier molecular flexibility index (Phi) is 5.40. The Morgan fingerprint density at radius 1 is 1.00 bits per heavy atom. The summed E-state index contributed by atoms with van der Waals surface area (Å²) in [6.45, 7) is 5.18. The molecule has 7 nitrogen and oxygen atoms in total. The number of benzene rings is 2. The number of hydrogen-bond acceptors (Lipinski definition) is 6. The molecule has 29 heavy (non-hydrogen) atoms. The van der Waals surface area contributed by atoms with Crippen LogP contribution < -0.4 is 14.5 Å². The van der Waals surface area contributed by atoms with Gasteiger partial charge >= 0.3 is 0 Å². The molecule has 2 aliphatic heterocycles. The number of imide groups is 1. The molecule has 7 heteroatoms. The van der Waals surface area contributed by atoms with E-state index in [2.05, 4.69) is 9.80 Å². The lowest BCUT2D eigenvalue weighted by Gasteiger charge is -2.38. The SMILES string of the molecule is CCOc1ccc(N2C(=O)C[C@@H](N3CCN(c4ccccc4O)CC3)C2=O)cc1. The average molecular weight is 395 g/mol. The van der Waals surface area contributed by atoms with Gasteiger partial charge in [0.25, 0.3) is 5.91 Å². The van der Waals surface area contributed by atoms with Crippen molar-refractivity contribution in [2.75, 3.05) is 42.6 Å². The molecule has 0 aliphatic carbocycles. The van der Waals surface area contributed by atoms with Crippen LogP contribution in [0.2, 0.25) is 0 Å². The van der Waals surface area contributed by atoms with Gasteiger partial charge in [0.1, 0.15) is 11.5 Å². The summed E-state index contributed by atoms with van der Waals surface area (Å²) < 4.78 is 5.43. The highest BCUT2D eigenvalue weighted by atomic mass is 16.5. The number of piperazine rings is 1. The Morgan fingerprint density at radius 2 is 1.69 bits per heavy atom. The molecular weight excluding hydrogens is 370 g/mol. The van der Waals surface area contributed by atoms with Crippen molar-refractivity contribution in [3.63, 3.8) is 0 Å². The fourth-order valence-corrected chi connectivity index (χ4v) is 4.04. The molecular formula is C22H25N3O4. The van der Waals surface area contributed by atoms with Gasteiger partial charge in [-0.1, -0.05) is 12.1 Å². The third-order valence-corrected chi connectivity index (χ3v) is 5.51. The molecule has 0 bridgehead atoms. The maximum Gasteiger partial charge on any atom is 0.251 e. The molecule has 2 heterocycles. The molecule has 1 N–H and O–H groups in total. The first-order valence-corrected chi connectivity index (χ1v) is 9.95. The number of para-hydroxylation sites is 2. The van der Waals surface area contributed by atoms with Crippen LogP contribution in [0.4, 0.5) is 11.4 Å². The number of carbonyl (C=O) groups is 2. The molecule has 0 radical (unpaired) electrons. The zero-order valence-electron chi connectivity index (χ0n) is 16.5. The van der Waals surface area contributed by atoms with Crippen LogP contribution in [0.15, 0.2) is 48.5 Å². The van der Waals surface area contributed by atoms with Crippen molar-refractivity contribution in [1.29, 1.82) is 0 Å². The highest BCUT2D eigenvalue weighted by molar-refractivity contribution is 6.22. The maximum atomic E-state index is 13.0. The van der Waals surface area contributed by atoms with Crippen molar-refractivity contribution in [1.82, 2.24) is 4.90 Å². The first-order chi connectivity index (χ1) is 14.1. The maximum absolute atomic E-state index is 13.0. The number of phenolic OH excluding ortho intramolecular Hbond substituents is 1. The van der Waals surface area contributed by atoms with E-state index in [1.54, 1.807) is 36.4 Å². The fourth-order valence-electron chi connectivity index (χ4n) is 4.04. The zero-order valence-corrected chi connectivity index (χ0v) is 16.5. The molecule has 2 fully saturated rings. The van der Waals surface area contributed by atoms with E-state index in [-0.39, 0.29) is 24.0 Å². The van der Waals surface area contributed by atoms with Gasteiger partial charge < -0.3 is 14.7 Å². The van der Waals surface area contributed by atoms with E-state index >= 15 is 0 Å². The Hall–Kier alpha value is -3.06. The van der Waals surface area contributed by atoms with Crippen molar-refractivity contribution in [3.05, 3.63) is 48.5 Å². The number of aromatic hydroxyl groups is 1. The lowest BCUT2D eigenvalue weighted by Crippen LogP contribution is -2.52. The summed E-state index contributed by atoms with van der Waals surface area (Å²) in [6.07, 6.45) is 0.197. The third kappa shape index (κ3) is 3.78. The summed E-state index contributed by atoms with van der Waals surface area (Å²) >= 11 is 0. The van der Waals surface area contributed by atoms with Gasteiger partial charge in [0, 0.05) is 26.2 Å². The zero-order chi connectivity index (χ0) is 20.4. The standard InChI is InChI=1S/C22H25N3O4/c1-2-29-17-9-7-16(8-10-17)25-21(27)15-19(22(25)28)24-13-11-23(12-14-24)18-5-3-4-6-20(18)26/h3-10,19,26H,2,11-15H2,1H3/t19-/m1/s1. The highest BCUT2D eigenvalue weighted by Gasteiger charge is 2.43. The van der Waals surface area contributed by atoms with E-state index < -0.39 is 6.04 Å². The van der Waals surface area contributed by atoms with Crippen LogP contribution in [0.25, 0.3) is 0 Å². The van der Waals surface area contributed by atoms with Crippen molar-refractivity contribution in [2.24, 2.45) is 0 Å². The number of anilines is 2. The minimum absolute atomic E-state index is 0.171. The summed E-state index contributed by atoms with van der Waals surface area (Å²) in [5.74, 6) is 0.629. The minimum atomic E-state index is -0.430. The first kappa shape index (κ1) is 19.3. The Labute approximate surface area is 170 Å². The van der Waals surface area contributed by atoms with Crippen LogP contribution in [0.5, 0.6) is 11.5 Å². The van der Waals surface area contributed by atoms with E-state index in [9.17, 15) is 14.7 Å². The lowest BCUT2D eigenvalue weighted by atomic mass is 10.1. The summed E-state index contributed by atoms with van der Waals surface area (Å²) in [5.41, 5.74) is 1.38. The van der Waals surface area contributed by atoms with Gasteiger partial charge in [-0.3, -0.25) is 14.5 Å². The van der Waals surface area contributed by atoms with Gasteiger partial charge in [0.05, 0.1) is 30.4 Å². The van der Waals surface area contributed by atoms with E-state index in [1.807, 2.05) is 19.1 Å². The number of amides is 2. The molecule has 0 saturated carbocycles. The van der Waals surface area contributed by atoms with Crippen LogP contribution in [0.1, 0.15) is 13.3 Å². The van der Waals surface area contributed by atoms with Crippen LogP contribution in [-0.2, 0) is 9.59 Å². The summed E-state index contributed by atoms with van der Waals surface area (Å²) in [7, 11) is 0. The quantitative estimate of drug-likeness (QED) is 0.783. The Morgan fingerprint density at radius 3 is 2.34 bits per heavy atom. The predicted octanol–water partition coefficient (Wildman–Crippen LogP) is 2.25. The molecule has 1 atom stereocenters. The third-order valence-electron chi connectivity index (χ3n) is 5.51. The number of nitrogens with zero attached hydrogens (tertiary/aromatic N) is 3. The summed E-state index contributed by atoms with van der Waals surface area (Å²) in [4.78, 5) is 31.1. The van der Waals surface area contributed by atoms with Crippen molar-refractivity contribution in [3.8, 4) is 11.5 Å². The van der Waals surface area contributed by atoms with Crippen LogP contribution in [0, 0.1) is 0 Å². The molecule has 0 spiro atoms. The molecule has 0 unspecified atom stereocenters. The largest absolute Gasteiger partial charge is 0.506 e. The Bertz CT molecular complexity index is 891. The van der Waals surface area contributed by atoms with Crippen LogP contribution >= 0.6 is 0 Å². The number of phenols is 1. The van der Waals surface area contributed by atoms with Gasteiger partial charge in [0.15, 0.2) is 0 Å². The van der Waals surface area contributed by atoms with Gasteiger partial charge in [-0.2, -0.15) is 0 Å². The van der Waals surface area contributed by atoms with Crippen molar-refractivity contribution >= 4 is 23.2 Å². The van der Waals surface area contributed by atoms with Crippen molar-refractivity contribution < 1.29 is 19.4 Å². The molecule has 2 amide bonds. The van der Waals surface area contributed by atoms with Gasteiger partial charge in [-0.15, -0.1) is 0 Å². The molecule has 2 aliphatic rings. The molecule has 4 rings (SSSR count). The topological polar surface area (TPSA) is 73.3 Å². The average Bonchev–Trinajstić information content (AvgIpc) is 3.03. The summed E-state index contributed by atoms with van der Waals surface area (Å²) in [5, 5.41) is 10.1. The predicted molar refractivity (Wildman–Crippen MR) is 110 cm³/mol. The molecule has 152 valence electrons. The van der Waals surface area contributed by atoms with E-state index in [0.29, 0.717) is 44.2 Å². The number of rotatable bonds is 5. The number of carbonyl (C=O) groups excluding carboxylic acids is 2. The van der Waals surface area contributed by atoms with Gasteiger partial charge in [-0.05, 0) is 43.3 Å². The number of hydrogen-bond donors (Lipinski definition) is 1. The molecule has 2 saturated heterocycles. The smallest absolute Gasteiger partial charge is 0.251 e. The summed E-state index contributed by atoms with van der Waals surface area (Å²) in [6, 6.07) is 13.9. The van der Waals surface area contributed by atoms with E-state index in [0.717, 1.165) is 5.69 Å². The second-order valence-corrected chi connectivity index (χ2v) is 7.23. The van der Waals surface area contributed by atoms with E-state index in [1.165, 1.54) is 4.90 Å². The van der Waals surface area contributed by atoms with Crippen LogP contribution in [-0.4, -0.2) is 60.6 Å².